The average molecular weight is 517 g/mol. The maximum Gasteiger partial charge on any atom is 0.0903 e. The molecule has 0 aromatic heterocycles. The molecule has 39 heavy (non-hydrogen) atoms. The summed E-state index contributed by atoms with van der Waals surface area (Å²) in [6.07, 6.45) is 15.8. The van der Waals surface area contributed by atoms with E-state index in [0.717, 1.165) is 23.3 Å². The summed E-state index contributed by atoms with van der Waals surface area (Å²) in [5, 5.41) is 7.36. The van der Waals surface area contributed by atoms with Crippen LogP contribution in [-0.2, 0) is 0 Å². The summed E-state index contributed by atoms with van der Waals surface area (Å²) in [7, 11) is 6.48. The summed E-state index contributed by atoms with van der Waals surface area (Å²) in [4.78, 5) is 0. The van der Waals surface area contributed by atoms with Crippen molar-refractivity contribution in [1.29, 1.82) is 0 Å². The molecule has 1 atom stereocenters. The topological polar surface area (TPSA) is 0 Å². The van der Waals surface area contributed by atoms with Crippen molar-refractivity contribution in [2.45, 2.75) is 11.6 Å². The van der Waals surface area contributed by atoms with Gasteiger partial charge in [-0.05, 0) is 66.2 Å². The van der Waals surface area contributed by atoms with Crippen molar-refractivity contribution in [3.63, 3.8) is 0 Å². The number of benzene rings is 5. The van der Waals surface area contributed by atoms with Gasteiger partial charge in [-0.1, -0.05) is 146 Å². The molecular formula is C37H29BS. The SMILES string of the molecule is [B]C1/C=C\C(c2c3ccccc3c(-c3cccc4ccccc34)c3ccccc23)=C/C(=C)C/C=C\C=C/CS1. The van der Waals surface area contributed by atoms with Crippen molar-refractivity contribution < 1.29 is 0 Å². The fourth-order valence-electron chi connectivity index (χ4n) is 5.51. The Hall–Kier alpha value is -4.01. The van der Waals surface area contributed by atoms with Crippen LogP contribution in [0, 0.1) is 0 Å². The highest BCUT2D eigenvalue weighted by Crippen LogP contribution is 2.44. The standard InChI is InChI=1S/C37H29BS/c1-26-13-4-2-3-11-24-39-35(38)23-22-28(25-26)36-31-17-7-9-19-33(31)37(34-20-10-8-18-32(34)36)30-21-12-15-27-14-5-6-16-29(27)30/h2-12,14-23,25,35H,1,13,24H2/b4-2-,11-3-,23-22-,28-25+. The molecule has 0 amide bonds. The van der Waals surface area contributed by atoms with Gasteiger partial charge in [0, 0.05) is 5.75 Å². The predicted octanol–water partition coefficient (Wildman–Crippen LogP) is 10.1. The van der Waals surface area contributed by atoms with E-state index in [1.807, 2.05) is 0 Å². The molecule has 0 N–H and O–H groups in total. The van der Waals surface area contributed by atoms with Gasteiger partial charge < -0.3 is 0 Å². The zero-order valence-electron chi connectivity index (χ0n) is 21.9. The fraction of sp³-hybridized carbons (Fsp3) is 0.0811. The first-order valence-electron chi connectivity index (χ1n) is 13.4. The van der Waals surface area contributed by atoms with Crippen molar-refractivity contribution in [3.05, 3.63) is 151 Å². The first-order valence-corrected chi connectivity index (χ1v) is 14.4. The summed E-state index contributed by atoms with van der Waals surface area (Å²) in [5.74, 6) is 0.876. The Balaban J connectivity index is 1.67. The van der Waals surface area contributed by atoms with Crippen LogP contribution in [0.25, 0.3) is 49.0 Å². The number of allylic oxidation sites excluding steroid dienone is 7. The first kappa shape index (κ1) is 25.3. The molecule has 0 spiro atoms. The first-order chi connectivity index (χ1) is 19.2. The molecule has 1 heterocycles. The molecule has 2 heteroatoms. The lowest BCUT2D eigenvalue weighted by molar-refractivity contribution is 1.30. The molecule has 1 aliphatic heterocycles. The Labute approximate surface area is 236 Å². The van der Waals surface area contributed by atoms with Gasteiger partial charge in [0.1, 0.15) is 0 Å². The third-order valence-electron chi connectivity index (χ3n) is 7.25. The molecule has 186 valence electrons. The Bertz CT molecular complexity index is 1760. The minimum atomic E-state index is -0.0940. The molecule has 0 saturated carbocycles. The molecule has 6 rings (SSSR count). The lowest BCUT2D eigenvalue weighted by Crippen LogP contribution is -1.98. The van der Waals surface area contributed by atoms with Crippen molar-refractivity contribution in [3.8, 4) is 11.1 Å². The summed E-state index contributed by atoms with van der Waals surface area (Å²) in [5.41, 5.74) is 5.94. The number of hydrogen-bond acceptors (Lipinski definition) is 1. The van der Waals surface area contributed by atoms with E-state index in [1.165, 1.54) is 49.0 Å². The molecule has 0 nitrogen and oxygen atoms in total. The normalized spacial score (nSPS) is 20.5. The minimum Gasteiger partial charge on any atom is -0.160 e. The van der Waals surface area contributed by atoms with Gasteiger partial charge >= 0.3 is 0 Å². The van der Waals surface area contributed by atoms with E-state index < -0.39 is 0 Å². The smallest absolute Gasteiger partial charge is 0.0903 e. The second-order valence-corrected chi connectivity index (χ2v) is 11.1. The molecule has 0 saturated heterocycles. The zero-order valence-corrected chi connectivity index (χ0v) is 22.7. The second-order valence-electron chi connectivity index (χ2n) is 9.84. The van der Waals surface area contributed by atoms with Crippen molar-refractivity contribution >= 4 is 57.5 Å². The molecule has 1 aliphatic rings. The van der Waals surface area contributed by atoms with Crippen molar-refractivity contribution in [2.75, 3.05) is 5.75 Å². The molecule has 5 aromatic rings. The maximum atomic E-state index is 6.48. The molecule has 5 aromatic carbocycles. The van der Waals surface area contributed by atoms with Gasteiger partial charge in [-0.15, -0.1) is 0 Å². The van der Waals surface area contributed by atoms with E-state index in [-0.39, 0.29) is 5.15 Å². The second kappa shape index (κ2) is 11.4. The van der Waals surface area contributed by atoms with E-state index in [1.54, 1.807) is 11.8 Å². The molecular weight excluding hydrogens is 487 g/mol. The average Bonchev–Trinajstić information content (AvgIpc) is 2.98. The van der Waals surface area contributed by atoms with E-state index in [0.29, 0.717) is 0 Å². The molecule has 0 fully saturated rings. The third kappa shape index (κ3) is 5.18. The van der Waals surface area contributed by atoms with Gasteiger partial charge in [0.15, 0.2) is 0 Å². The van der Waals surface area contributed by atoms with Crippen LogP contribution < -0.4 is 0 Å². The Morgan fingerprint density at radius 2 is 1.26 bits per heavy atom. The number of thioether (sulfide) groups is 1. The highest BCUT2D eigenvalue weighted by atomic mass is 32.2. The largest absolute Gasteiger partial charge is 0.160 e. The summed E-state index contributed by atoms with van der Waals surface area (Å²) < 4.78 is 0. The Morgan fingerprint density at radius 3 is 1.97 bits per heavy atom. The molecule has 0 aliphatic carbocycles. The predicted molar refractivity (Wildman–Crippen MR) is 176 cm³/mol. The van der Waals surface area contributed by atoms with Gasteiger partial charge in [0.25, 0.3) is 0 Å². The third-order valence-corrected chi connectivity index (χ3v) is 8.18. The van der Waals surface area contributed by atoms with Crippen molar-refractivity contribution in [1.82, 2.24) is 0 Å². The fourth-order valence-corrected chi connectivity index (χ4v) is 6.14. The van der Waals surface area contributed by atoms with Gasteiger partial charge in [0.05, 0.1) is 7.85 Å². The van der Waals surface area contributed by atoms with Crippen LogP contribution in [0.4, 0.5) is 0 Å². The highest BCUT2D eigenvalue weighted by molar-refractivity contribution is 8.01. The van der Waals surface area contributed by atoms with E-state index in [4.69, 9.17) is 7.85 Å². The van der Waals surface area contributed by atoms with Crippen molar-refractivity contribution in [2.24, 2.45) is 0 Å². The lowest BCUT2D eigenvalue weighted by atomic mass is 9.84. The van der Waals surface area contributed by atoms with Gasteiger partial charge in [0.2, 0.25) is 0 Å². The van der Waals surface area contributed by atoms with Crippen LogP contribution in [0.3, 0.4) is 0 Å². The summed E-state index contributed by atoms with van der Waals surface area (Å²) in [6.45, 7) is 4.40. The van der Waals surface area contributed by atoms with Crippen LogP contribution in [-0.4, -0.2) is 18.7 Å². The molecule has 0 bridgehead atoms. The Morgan fingerprint density at radius 1 is 0.667 bits per heavy atom. The van der Waals surface area contributed by atoms with Crippen LogP contribution in [0.15, 0.2) is 146 Å². The maximum absolute atomic E-state index is 6.48. The number of hydrogen-bond donors (Lipinski definition) is 0. The number of fused-ring (bicyclic) bond motifs is 3. The minimum absolute atomic E-state index is 0.0940. The van der Waals surface area contributed by atoms with Gasteiger partial charge in [-0.3, -0.25) is 0 Å². The molecule has 2 radical (unpaired) electrons. The quantitative estimate of drug-likeness (QED) is 0.166. The van der Waals surface area contributed by atoms with Crippen LogP contribution in [0.5, 0.6) is 0 Å². The van der Waals surface area contributed by atoms with Crippen LogP contribution in [0.1, 0.15) is 12.0 Å². The Kier molecular flexibility index (Phi) is 7.39. The lowest BCUT2D eigenvalue weighted by Gasteiger charge is -2.19. The van der Waals surface area contributed by atoms with Crippen LogP contribution >= 0.6 is 11.8 Å². The van der Waals surface area contributed by atoms with Gasteiger partial charge in [-0.25, -0.2) is 0 Å². The summed E-state index contributed by atoms with van der Waals surface area (Å²) in [6, 6.07) is 32.9. The zero-order chi connectivity index (χ0) is 26.6. The highest BCUT2D eigenvalue weighted by Gasteiger charge is 2.18. The molecule has 1 unspecified atom stereocenters. The monoisotopic (exact) mass is 516 g/mol. The van der Waals surface area contributed by atoms with E-state index in [2.05, 4.69) is 140 Å². The number of rotatable bonds is 2. The van der Waals surface area contributed by atoms with Crippen LogP contribution in [0.2, 0.25) is 0 Å². The van der Waals surface area contributed by atoms with E-state index in [9.17, 15) is 0 Å². The van der Waals surface area contributed by atoms with Gasteiger partial charge in [-0.2, -0.15) is 11.8 Å². The van der Waals surface area contributed by atoms with E-state index >= 15 is 0 Å². The summed E-state index contributed by atoms with van der Waals surface area (Å²) >= 11 is 1.72.